The maximum atomic E-state index is 15.0. The van der Waals surface area contributed by atoms with E-state index in [9.17, 15) is 9.18 Å². The summed E-state index contributed by atoms with van der Waals surface area (Å²) in [5, 5.41) is 6.38. The van der Waals surface area contributed by atoms with E-state index in [1.165, 1.54) is 6.07 Å². The van der Waals surface area contributed by atoms with Gasteiger partial charge in [0.15, 0.2) is 5.82 Å². The normalized spacial score (nSPS) is 16.2. The summed E-state index contributed by atoms with van der Waals surface area (Å²) in [6.07, 6.45) is 3.89. The van der Waals surface area contributed by atoms with Gasteiger partial charge in [-0.3, -0.25) is 4.79 Å². The predicted molar refractivity (Wildman–Crippen MR) is 138 cm³/mol. The van der Waals surface area contributed by atoms with Crippen LogP contribution in [0, 0.1) is 11.6 Å². The van der Waals surface area contributed by atoms with Gasteiger partial charge in [0.2, 0.25) is 11.9 Å². The first-order valence-corrected chi connectivity index (χ1v) is 12.9. The number of fused-ring (bicyclic) bond motifs is 1. The Kier molecular flexibility index (Phi) is 7.01. The molecule has 188 valence electrons. The van der Waals surface area contributed by atoms with Crippen LogP contribution in [0.1, 0.15) is 20.3 Å². The van der Waals surface area contributed by atoms with E-state index >= 15 is 4.39 Å². The molecule has 2 aromatic heterocycles. The molecule has 0 spiro atoms. The summed E-state index contributed by atoms with van der Waals surface area (Å²) in [6.45, 7) is 7.52. The number of aromatic nitrogens is 3. The van der Waals surface area contributed by atoms with Crippen LogP contribution < -0.4 is 20.4 Å². The summed E-state index contributed by atoms with van der Waals surface area (Å²) < 4.78 is 29.8. The third-order valence-electron chi connectivity index (χ3n) is 6.12. The van der Waals surface area contributed by atoms with Crippen molar-refractivity contribution >= 4 is 40.8 Å². The number of halogens is 2. The first-order valence-electron chi connectivity index (χ1n) is 11.9. The van der Waals surface area contributed by atoms with Gasteiger partial charge in [-0.1, -0.05) is 0 Å². The molecule has 1 amide bonds. The van der Waals surface area contributed by atoms with Crippen LogP contribution in [0.3, 0.4) is 0 Å². The standard InChI is InChI=1S/C25H27F2N7OS/c1-15(2)34-20-11-16(10-18(26)24(20)36-14-22(34)35)23-19(27)13-30-25(32-23)31-21-5-4-17(12-29-21)33-8-3-6-28-7-9-33/h4-5,10-13,15,28H,3,6-9,14H2,1-2H3,(H,29,30,31,32). The first kappa shape index (κ1) is 24.4. The first-order chi connectivity index (χ1) is 17.4. The molecule has 0 radical (unpaired) electrons. The van der Waals surface area contributed by atoms with Gasteiger partial charge in [0.05, 0.1) is 34.4 Å². The number of hydrogen-bond donors (Lipinski definition) is 2. The van der Waals surface area contributed by atoms with Crippen molar-refractivity contribution in [1.82, 2.24) is 20.3 Å². The minimum atomic E-state index is -0.691. The van der Waals surface area contributed by atoms with Crippen molar-refractivity contribution in [2.75, 3.05) is 47.0 Å². The highest BCUT2D eigenvalue weighted by Gasteiger charge is 2.30. The molecule has 2 aliphatic rings. The number of hydrogen-bond acceptors (Lipinski definition) is 8. The molecule has 0 atom stereocenters. The van der Waals surface area contributed by atoms with E-state index in [0.717, 1.165) is 56.2 Å². The lowest BCUT2D eigenvalue weighted by molar-refractivity contribution is -0.116. The van der Waals surface area contributed by atoms with Crippen LogP contribution in [-0.4, -0.2) is 58.8 Å². The van der Waals surface area contributed by atoms with E-state index in [-0.39, 0.29) is 34.9 Å². The molecule has 2 N–H and O–H groups in total. The summed E-state index contributed by atoms with van der Waals surface area (Å²) in [7, 11) is 0. The van der Waals surface area contributed by atoms with Gasteiger partial charge >= 0.3 is 0 Å². The monoisotopic (exact) mass is 511 g/mol. The number of amides is 1. The van der Waals surface area contributed by atoms with E-state index in [0.29, 0.717) is 16.4 Å². The van der Waals surface area contributed by atoms with Gasteiger partial charge in [-0.2, -0.15) is 0 Å². The zero-order chi connectivity index (χ0) is 25.2. The zero-order valence-corrected chi connectivity index (χ0v) is 20.9. The third kappa shape index (κ3) is 4.98. The van der Waals surface area contributed by atoms with E-state index < -0.39 is 11.6 Å². The molecule has 0 aliphatic carbocycles. The number of nitrogens with zero attached hydrogens (tertiary/aromatic N) is 5. The van der Waals surface area contributed by atoms with Gasteiger partial charge < -0.3 is 20.4 Å². The fraction of sp³-hybridized carbons (Fsp3) is 0.360. The molecule has 3 aromatic rings. The highest BCUT2D eigenvalue weighted by atomic mass is 32.2. The second-order valence-corrected chi connectivity index (χ2v) is 9.95. The van der Waals surface area contributed by atoms with Gasteiger partial charge in [-0.25, -0.2) is 23.7 Å². The minimum Gasteiger partial charge on any atom is -0.369 e. The number of nitrogens with one attached hydrogen (secondary N) is 2. The largest absolute Gasteiger partial charge is 0.369 e. The number of thioether (sulfide) groups is 1. The Bertz CT molecular complexity index is 1260. The van der Waals surface area contributed by atoms with E-state index in [4.69, 9.17) is 0 Å². The van der Waals surface area contributed by atoms with Crippen LogP contribution in [0.4, 0.5) is 31.9 Å². The lowest BCUT2D eigenvalue weighted by Gasteiger charge is -2.32. The zero-order valence-electron chi connectivity index (χ0n) is 20.1. The molecular formula is C25H27F2N7OS. The minimum absolute atomic E-state index is 0.0605. The number of pyridine rings is 1. The fourth-order valence-corrected chi connectivity index (χ4v) is 5.35. The molecule has 0 saturated carbocycles. The average molecular weight is 512 g/mol. The van der Waals surface area contributed by atoms with Gasteiger partial charge in [0.1, 0.15) is 17.3 Å². The molecule has 11 heteroatoms. The molecule has 36 heavy (non-hydrogen) atoms. The quantitative estimate of drug-likeness (QED) is 0.527. The van der Waals surface area contributed by atoms with E-state index in [2.05, 4.69) is 30.5 Å². The van der Waals surface area contributed by atoms with Crippen LogP contribution >= 0.6 is 11.8 Å². The Balaban J connectivity index is 1.41. The molecule has 0 unspecified atom stereocenters. The number of carbonyl (C=O) groups excluding carboxylic acids is 1. The Labute approximate surface area is 212 Å². The second-order valence-electron chi connectivity index (χ2n) is 8.96. The number of benzene rings is 1. The van der Waals surface area contributed by atoms with Crippen molar-refractivity contribution in [2.24, 2.45) is 0 Å². The van der Waals surface area contributed by atoms with Crippen molar-refractivity contribution < 1.29 is 13.6 Å². The predicted octanol–water partition coefficient (Wildman–Crippen LogP) is 4.21. The maximum absolute atomic E-state index is 15.0. The molecule has 8 nitrogen and oxygen atoms in total. The Hall–Kier alpha value is -3.31. The average Bonchev–Trinajstić information content (AvgIpc) is 3.15. The molecular weight excluding hydrogens is 484 g/mol. The van der Waals surface area contributed by atoms with Crippen molar-refractivity contribution in [3.05, 3.63) is 48.3 Å². The molecule has 0 bridgehead atoms. The molecule has 4 heterocycles. The molecule has 2 aliphatic heterocycles. The second kappa shape index (κ2) is 10.4. The van der Waals surface area contributed by atoms with Crippen LogP contribution in [0.25, 0.3) is 11.3 Å². The van der Waals surface area contributed by atoms with Crippen LogP contribution in [0.15, 0.2) is 41.6 Å². The summed E-state index contributed by atoms with van der Waals surface area (Å²) in [4.78, 5) is 29.5. The molecule has 1 saturated heterocycles. The lowest BCUT2D eigenvalue weighted by Crippen LogP contribution is -2.40. The Morgan fingerprint density at radius 2 is 1.94 bits per heavy atom. The van der Waals surface area contributed by atoms with Gasteiger partial charge in [0, 0.05) is 31.2 Å². The van der Waals surface area contributed by atoms with Crippen molar-refractivity contribution in [1.29, 1.82) is 0 Å². The topological polar surface area (TPSA) is 86.3 Å². The summed E-state index contributed by atoms with van der Waals surface area (Å²) in [5.41, 5.74) is 1.62. The van der Waals surface area contributed by atoms with Gasteiger partial charge in [0.25, 0.3) is 0 Å². The highest BCUT2D eigenvalue weighted by molar-refractivity contribution is 8.00. The highest BCUT2D eigenvalue weighted by Crippen LogP contribution is 2.41. The summed E-state index contributed by atoms with van der Waals surface area (Å²) >= 11 is 1.15. The van der Waals surface area contributed by atoms with Gasteiger partial charge in [-0.15, -0.1) is 11.8 Å². The number of anilines is 4. The SMILES string of the molecule is CC(C)N1C(=O)CSc2c(F)cc(-c3nc(Nc4ccc(N5CCCNCC5)cn4)ncc3F)cc21. The smallest absolute Gasteiger partial charge is 0.237 e. The van der Waals surface area contributed by atoms with Crippen LogP contribution in [0.2, 0.25) is 0 Å². The maximum Gasteiger partial charge on any atom is 0.237 e. The van der Waals surface area contributed by atoms with E-state index in [1.807, 2.05) is 26.0 Å². The van der Waals surface area contributed by atoms with E-state index in [1.54, 1.807) is 17.2 Å². The Morgan fingerprint density at radius 1 is 1.08 bits per heavy atom. The summed E-state index contributed by atoms with van der Waals surface area (Å²) in [6, 6.07) is 6.49. The van der Waals surface area contributed by atoms with Crippen molar-refractivity contribution in [3.8, 4) is 11.3 Å². The van der Waals surface area contributed by atoms with Crippen LogP contribution in [-0.2, 0) is 4.79 Å². The fourth-order valence-electron chi connectivity index (χ4n) is 4.44. The van der Waals surface area contributed by atoms with Gasteiger partial charge in [-0.05, 0) is 51.1 Å². The van der Waals surface area contributed by atoms with Crippen molar-refractivity contribution in [2.45, 2.75) is 31.2 Å². The molecule has 5 rings (SSSR count). The van der Waals surface area contributed by atoms with Crippen molar-refractivity contribution in [3.63, 3.8) is 0 Å². The molecule has 1 fully saturated rings. The number of rotatable bonds is 5. The lowest BCUT2D eigenvalue weighted by atomic mass is 10.1. The van der Waals surface area contributed by atoms with Crippen LogP contribution in [0.5, 0.6) is 0 Å². The summed E-state index contributed by atoms with van der Waals surface area (Å²) in [5.74, 6) is -0.514. The third-order valence-corrected chi connectivity index (χ3v) is 7.20. The molecule has 1 aromatic carbocycles. The Morgan fingerprint density at radius 3 is 2.72 bits per heavy atom. The number of carbonyl (C=O) groups is 1.